The number of urea groups is 1. The number of hydrogen-bond acceptors (Lipinski definition) is 4. The number of thioether (sulfide) groups is 1. The predicted molar refractivity (Wildman–Crippen MR) is 48.2 cm³/mol. The summed E-state index contributed by atoms with van der Waals surface area (Å²) >= 11 is 1.53. The van der Waals surface area contributed by atoms with Crippen molar-refractivity contribution in [3.8, 4) is 0 Å². The normalized spacial score (nSPS) is 19.2. The zero-order valence-electron chi connectivity index (χ0n) is 7.36. The molecule has 0 spiro atoms. The van der Waals surface area contributed by atoms with Gasteiger partial charge in [0.25, 0.3) is 0 Å². The number of imide groups is 2. The first kappa shape index (κ1) is 10.0. The van der Waals surface area contributed by atoms with Gasteiger partial charge in [0.1, 0.15) is 0 Å². The Morgan fingerprint density at radius 1 is 1.46 bits per heavy atom. The van der Waals surface area contributed by atoms with Crippen molar-refractivity contribution in [2.24, 2.45) is 0 Å². The Balaban J connectivity index is 2.64. The smallest absolute Gasteiger partial charge is 0.269 e. The van der Waals surface area contributed by atoms with Crippen LogP contribution in [0.4, 0.5) is 4.79 Å². The van der Waals surface area contributed by atoms with E-state index in [0.717, 1.165) is 4.90 Å². The van der Waals surface area contributed by atoms with Crippen LogP contribution < -0.4 is 5.32 Å². The Hall–Kier alpha value is -1.04. The van der Waals surface area contributed by atoms with Gasteiger partial charge in [-0.15, -0.1) is 0 Å². The topological polar surface area (TPSA) is 66.5 Å². The highest BCUT2D eigenvalue weighted by atomic mass is 32.2. The molecule has 1 aliphatic heterocycles. The molecule has 72 valence electrons. The van der Waals surface area contributed by atoms with Crippen molar-refractivity contribution in [1.29, 1.82) is 0 Å². The average Bonchev–Trinajstić information content (AvgIpc) is 2.32. The maximum Gasteiger partial charge on any atom is 0.331 e. The van der Waals surface area contributed by atoms with E-state index < -0.39 is 17.8 Å². The van der Waals surface area contributed by atoms with Crippen LogP contribution in [0.25, 0.3) is 0 Å². The lowest BCUT2D eigenvalue weighted by Crippen LogP contribution is -2.35. The van der Waals surface area contributed by atoms with Gasteiger partial charge in [-0.3, -0.25) is 19.8 Å². The van der Waals surface area contributed by atoms with Crippen LogP contribution in [-0.4, -0.2) is 40.8 Å². The monoisotopic (exact) mass is 202 g/mol. The molecule has 1 aliphatic rings. The van der Waals surface area contributed by atoms with E-state index >= 15 is 0 Å². The third kappa shape index (κ3) is 2.00. The highest BCUT2D eigenvalue weighted by Crippen LogP contribution is 2.10. The number of nitrogens with zero attached hydrogens (tertiary/aromatic N) is 1. The molecule has 1 rings (SSSR count). The summed E-state index contributed by atoms with van der Waals surface area (Å²) in [5.74, 6) is -1.59. The number of nitrogens with one attached hydrogen (secondary N) is 1. The summed E-state index contributed by atoms with van der Waals surface area (Å²) in [4.78, 5) is 33.7. The van der Waals surface area contributed by atoms with Gasteiger partial charge in [-0.05, 0) is 6.26 Å². The number of carbonyl (C=O) groups excluding carboxylic acids is 3. The van der Waals surface area contributed by atoms with Crippen LogP contribution in [0.2, 0.25) is 0 Å². The van der Waals surface area contributed by atoms with Crippen LogP contribution in [0.15, 0.2) is 0 Å². The molecular weight excluding hydrogens is 192 g/mol. The van der Waals surface area contributed by atoms with Gasteiger partial charge in [0.15, 0.2) is 0 Å². The Morgan fingerprint density at radius 2 is 2.08 bits per heavy atom. The lowest BCUT2D eigenvalue weighted by Gasteiger charge is -2.14. The van der Waals surface area contributed by atoms with Crippen molar-refractivity contribution in [1.82, 2.24) is 10.2 Å². The molecule has 0 radical (unpaired) electrons. The second-order valence-electron chi connectivity index (χ2n) is 2.72. The molecule has 13 heavy (non-hydrogen) atoms. The number of amides is 4. The second kappa shape index (κ2) is 3.78. The Labute approximate surface area is 79.8 Å². The SMILES string of the molecule is CSC(C)CN1C(=O)NC(=O)C1=O. The van der Waals surface area contributed by atoms with E-state index in [9.17, 15) is 14.4 Å². The Morgan fingerprint density at radius 3 is 2.46 bits per heavy atom. The van der Waals surface area contributed by atoms with E-state index in [4.69, 9.17) is 0 Å². The maximum atomic E-state index is 11.1. The zero-order chi connectivity index (χ0) is 10.0. The Kier molecular flexibility index (Phi) is 2.92. The van der Waals surface area contributed by atoms with Gasteiger partial charge in [-0.1, -0.05) is 6.92 Å². The zero-order valence-corrected chi connectivity index (χ0v) is 8.18. The summed E-state index contributed by atoms with van der Waals surface area (Å²) in [7, 11) is 0. The van der Waals surface area contributed by atoms with E-state index in [0.29, 0.717) is 0 Å². The quantitative estimate of drug-likeness (QED) is 0.509. The Bertz CT molecular complexity index is 266. The van der Waals surface area contributed by atoms with Crippen LogP contribution in [0.1, 0.15) is 6.92 Å². The van der Waals surface area contributed by atoms with E-state index in [2.05, 4.69) is 0 Å². The van der Waals surface area contributed by atoms with Gasteiger partial charge in [0.2, 0.25) is 0 Å². The standard InChI is InChI=1S/C7H10N2O3S/c1-4(13-2)3-9-6(11)5(10)8-7(9)12/h4H,3H2,1-2H3,(H,8,10,12). The van der Waals surface area contributed by atoms with Crippen molar-refractivity contribution < 1.29 is 14.4 Å². The van der Waals surface area contributed by atoms with Crippen LogP contribution in [-0.2, 0) is 9.59 Å². The first-order valence-electron chi connectivity index (χ1n) is 3.76. The third-order valence-corrected chi connectivity index (χ3v) is 2.70. The lowest BCUT2D eigenvalue weighted by molar-refractivity contribution is -0.140. The fourth-order valence-electron chi connectivity index (χ4n) is 0.930. The fourth-order valence-corrected chi connectivity index (χ4v) is 1.23. The van der Waals surface area contributed by atoms with Crippen molar-refractivity contribution in [2.75, 3.05) is 12.8 Å². The summed E-state index contributed by atoms with van der Waals surface area (Å²) in [6.45, 7) is 2.16. The minimum absolute atomic E-state index is 0.139. The molecule has 0 bridgehead atoms. The van der Waals surface area contributed by atoms with E-state index in [-0.39, 0.29) is 11.8 Å². The van der Waals surface area contributed by atoms with Crippen LogP contribution in [0.3, 0.4) is 0 Å². The largest absolute Gasteiger partial charge is 0.331 e. The van der Waals surface area contributed by atoms with Gasteiger partial charge in [0.05, 0.1) is 0 Å². The molecule has 1 N–H and O–H groups in total. The third-order valence-electron chi connectivity index (χ3n) is 1.75. The second-order valence-corrected chi connectivity index (χ2v) is 4.00. The summed E-state index contributed by atoms with van der Waals surface area (Å²) < 4.78 is 0. The van der Waals surface area contributed by atoms with Crippen molar-refractivity contribution >= 4 is 29.6 Å². The van der Waals surface area contributed by atoms with Gasteiger partial charge in [-0.2, -0.15) is 11.8 Å². The summed E-state index contributed by atoms with van der Waals surface area (Å²) in [5, 5.41) is 2.07. The first-order chi connectivity index (χ1) is 6.06. The number of rotatable bonds is 3. The van der Waals surface area contributed by atoms with Gasteiger partial charge >= 0.3 is 17.8 Å². The predicted octanol–water partition coefficient (Wildman–Crippen LogP) is -0.184. The van der Waals surface area contributed by atoms with Crippen molar-refractivity contribution in [3.63, 3.8) is 0 Å². The van der Waals surface area contributed by atoms with Gasteiger partial charge < -0.3 is 0 Å². The first-order valence-corrected chi connectivity index (χ1v) is 5.04. The van der Waals surface area contributed by atoms with E-state index in [1.807, 2.05) is 18.5 Å². The molecule has 1 fully saturated rings. The van der Waals surface area contributed by atoms with Crippen LogP contribution in [0.5, 0.6) is 0 Å². The van der Waals surface area contributed by atoms with Crippen LogP contribution in [0, 0.1) is 0 Å². The summed E-state index contributed by atoms with van der Waals surface area (Å²) in [5.41, 5.74) is 0. The highest BCUT2D eigenvalue weighted by molar-refractivity contribution is 7.99. The molecule has 1 atom stereocenters. The maximum absolute atomic E-state index is 11.1. The summed E-state index contributed by atoms with van der Waals surface area (Å²) in [6, 6.07) is -0.615. The average molecular weight is 202 g/mol. The molecule has 1 unspecified atom stereocenters. The fraction of sp³-hybridized carbons (Fsp3) is 0.571. The van der Waals surface area contributed by atoms with E-state index in [1.165, 1.54) is 11.8 Å². The summed E-state index contributed by atoms with van der Waals surface area (Å²) in [6.07, 6.45) is 1.88. The van der Waals surface area contributed by atoms with E-state index in [1.54, 1.807) is 0 Å². The molecule has 5 nitrogen and oxygen atoms in total. The van der Waals surface area contributed by atoms with Crippen LogP contribution >= 0.6 is 11.8 Å². The highest BCUT2D eigenvalue weighted by Gasteiger charge is 2.37. The van der Waals surface area contributed by atoms with Crippen molar-refractivity contribution in [3.05, 3.63) is 0 Å². The molecule has 0 aromatic heterocycles. The molecule has 0 aromatic carbocycles. The molecule has 0 aliphatic carbocycles. The minimum Gasteiger partial charge on any atom is -0.269 e. The number of carbonyl (C=O) groups is 3. The molecule has 1 heterocycles. The molecule has 6 heteroatoms. The minimum atomic E-state index is -0.835. The van der Waals surface area contributed by atoms with Gasteiger partial charge in [0, 0.05) is 11.8 Å². The number of hydrogen-bond donors (Lipinski definition) is 1. The molecular formula is C7H10N2O3S. The molecule has 0 aromatic rings. The molecule has 0 saturated carbocycles. The van der Waals surface area contributed by atoms with Gasteiger partial charge in [-0.25, -0.2) is 4.79 Å². The van der Waals surface area contributed by atoms with Crippen molar-refractivity contribution in [2.45, 2.75) is 12.2 Å². The lowest BCUT2D eigenvalue weighted by atomic mass is 10.4. The molecule has 4 amide bonds. The molecule has 1 saturated heterocycles.